The van der Waals surface area contributed by atoms with Crippen LogP contribution in [0.3, 0.4) is 0 Å². The minimum atomic E-state index is -2.88. The van der Waals surface area contributed by atoms with Gasteiger partial charge in [-0.15, -0.1) is 24.0 Å². The Bertz CT molecular complexity index is 685. The summed E-state index contributed by atoms with van der Waals surface area (Å²) in [4.78, 5) is 4.40. The smallest absolute Gasteiger partial charge is 0.191 e. The highest BCUT2D eigenvalue weighted by Gasteiger charge is 2.28. The van der Waals surface area contributed by atoms with Gasteiger partial charge in [-0.05, 0) is 45.2 Å². The van der Waals surface area contributed by atoms with Crippen LogP contribution in [0.4, 0.5) is 0 Å². The Morgan fingerprint density at radius 3 is 2.68 bits per heavy atom. The molecule has 0 aromatic carbocycles. The monoisotopic (exact) mass is 485 g/mol. The maximum absolute atomic E-state index is 11.5. The molecule has 1 aromatic rings. The van der Waals surface area contributed by atoms with Crippen LogP contribution < -0.4 is 10.6 Å². The lowest BCUT2D eigenvalue weighted by molar-refractivity contribution is 0.0428. The Kier molecular flexibility index (Phi) is 8.20. The van der Waals surface area contributed by atoms with Crippen molar-refractivity contribution in [3.05, 3.63) is 23.7 Å². The highest BCUT2D eigenvalue weighted by Crippen LogP contribution is 2.23. The molecule has 2 unspecified atom stereocenters. The molecule has 0 aliphatic carbocycles. The SMILES string of the molecule is CCNC(=NCC(C)(O)c1ccc(C)o1)NCC1CCS(=O)(=O)C1.I. The molecule has 1 aliphatic heterocycles. The van der Waals surface area contributed by atoms with Crippen molar-refractivity contribution < 1.29 is 17.9 Å². The summed E-state index contributed by atoms with van der Waals surface area (Å²) < 4.78 is 28.5. The van der Waals surface area contributed by atoms with Gasteiger partial charge in [0.25, 0.3) is 0 Å². The second kappa shape index (κ2) is 9.22. The molecule has 1 aromatic heterocycles. The van der Waals surface area contributed by atoms with E-state index in [1.54, 1.807) is 19.1 Å². The second-order valence-corrected chi connectivity index (χ2v) is 8.76. The maximum atomic E-state index is 11.5. The standard InChI is InChI=1S/C16H27N3O4S.HI/c1-4-17-15(18-9-13-7-8-24(21,22)10-13)19-11-16(3,20)14-6-5-12(2)23-14;/h5-6,13,20H,4,7-11H2,1-3H3,(H2,17,18,19);1H. The van der Waals surface area contributed by atoms with Crippen LogP contribution >= 0.6 is 24.0 Å². The van der Waals surface area contributed by atoms with E-state index in [0.717, 1.165) is 5.76 Å². The molecule has 1 saturated heterocycles. The average Bonchev–Trinajstić information content (AvgIpc) is 3.08. The van der Waals surface area contributed by atoms with Crippen molar-refractivity contribution in [1.29, 1.82) is 0 Å². The molecule has 0 bridgehead atoms. The van der Waals surface area contributed by atoms with E-state index in [4.69, 9.17) is 4.42 Å². The minimum Gasteiger partial charge on any atom is -0.463 e. The third kappa shape index (κ3) is 6.78. The summed E-state index contributed by atoms with van der Waals surface area (Å²) in [6.45, 7) is 6.79. The number of nitrogens with zero attached hydrogens (tertiary/aromatic N) is 1. The number of aryl methyl sites for hydroxylation is 1. The van der Waals surface area contributed by atoms with Gasteiger partial charge in [-0.2, -0.15) is 0 Å². The van der Waals surface area contributed by atoms with E-state index in [9.17, 15) is 13.5 Å². The zero-order valence-corrected chi connectivity index (χ0v) is 18.1. The molecule has 2 rings (SSSR count). The molecule has 7 nitrogen and oxygen atoms in total. The fourth-order valence-electron chi connectivity index (χ4n) is 2.65. The first-order valence-corrected chi connectivity index (χ1v) is 10.1. The molecule has 0 saturated carbocycles. The number of aliphatic imine (C=N–C) groups is 1. The summed E-state index contributed by atoms with van der Waals surface area (Å²) in [5.41, 5.74) is -1.20. The summed E-state index contributed by atoms with van der Waals surface area (Å²) in [7, 11) is -2.88. The number of hydrogen-bond acceptors (Lipinski definition) is 5. The molecule has 1 fully saturated rings. The number of sulfone groups is 1. The molecule has 25 heavy (non-hydrogen) atoms. The van der Waals surface area contributed by atoms with Crippen molar-refractivity contribution in [3.8, 4) is 0 Å². The summed E-state index contributed by atoms with van der Waals surface area (Å²) in [6.07, 6.45) is 0.679. The summed E-state index contributed by atoms with van der Waals surface area (Å²) in [6, 6.07) is 3.55. The van der Waals surface area contributed by atoms with Gasteiger partial charge in [0, 0.05) is 13.1 Å². The number of hydrogen-bond donors (Lipinski definition) is 3. The normalized spacial score (nSPS) is 22.1. The van der Waals surface area contributed by atoms with Gasteiger partial charge >= 0.3 is 0 Å². The van der Waals surface area contributed by atoms with Crippen molar-refractivity contribution in [2.24, 2.45) is 10.9 Å². The Labute approximate surface area is 166 Å². The largest absolute Gasteiger partial charge is 0.463 e. The molecule has 1 aliphatic rings. The zero-order valence-electron chi connectivity index (χ0n) is 14.9. The van der Waals surface area contributed by atoms with E-state index in [0.29, 0.717) is 31.2 Å². The summed E-state index contributed by atoms with van der Waals surface area (Å²) in [5, 5.41) is 16.8. The molecule has 0 radical (unpaired) electrons. The molecule has 3 N–H and O–H groups in total. The third-order valence-corrected chi connectivity index (χ3v) is 5.88. The third-order valence-electron chi connectivity index (χ3n) is 4.05. The fraction of sp³-hybridized carbons (Fsp3) is 0.688. The van der Waals surface area contributed by atoms with Crippen LogP contribution in [0.25, 0.3) is 0 Å². The van der Waals surface area contributed by atoms with Gasteiger partial charge in [0.05, 0.1) is 18.1 Å². The molecule has 144 valence electrons. The summed E-state index contributed by atoms with van der Waals surface area (Å²) in [5.74, 6) is 2.36. The zero-order chi connectivity index (χ0) is 17.8. The number of halogens is 1. The van der Waals surface area contributed by atoms with Crippen molar-refractivity contribution >= 4 is 39.8 Å². The molecule has 0 spiro atoms. The van der Waals surface area contributed by atoms with Crippen molar-refractivity contribution in [2.75, 3.05) is 31.1 Å². The summed E-state index contributed by atoms with van der Waals surface area (Å²) >= 11 is 0. The first-order chi connectivity index (χ1) is 11.2. The Hall–Kier alpha value is -0.810. The van der Waals surface area contributed by atoms with E-state index in [1.807, 2.05) is 13.8 Å². The van der Waals surface area contributed by atoms with Crippen LogP contribution in [0.2, 0.25) is 0 Å². The quantitative estimate of drug-likeness (QED) is 0.320. The van der Waals surface area contributed by atoms with Gasteiger partial charge < -0.3 is 20.2 Å². The van der Waals surface area contributed by atoms with Crippen LogP contribution in [-0.2, 0) is 15.4 Å². The van der Waals surface area contributed by atoms with Gasteiger partial charge in [-0.25, -0.2) is 13.4 Å². The number of guanidine groups is 1. The van der Waals surface area contributed by atoms with Gasteiger partial charge in [-0.1, -0.05) is 0 Å². The predicted molar refractivity (Wildman–Crippen MR) is 109 cm³/mol. The van der Waals surface area contributed by atoms with E-state index in [-0.39, 0.29) is 47.9 Å². The molecular weight excluding hydrogens is 457 g/mol. The van der Waals surface area contributed by atoms with Gasteiger partial charge in [0.1, 0.15) is 17.1 Å². The lowest BCUT2D eigenvalue weighted by Gasteiger charge is -2.20. The minimum absolute atomic E-state index is 0. The Morgan fingerprint density at radius 2 is 2.16 bits per heavy atom. The molecule has 2 heterocycles. The van der Waals surface area contributed by atoms with E-state index in [2.05, 4.69) is 15.6 Å². The van der Waals surface area contributed by atoms with E-state index < -0.39 is 15.4 Å². The van der Waals surface area contributed by atoms with Crippen molar-refractivity contribution in [2.45, 2.75) is 32.8 Å². The maximum Gasteiger partial charge on any atom is 0.191 e. The van der Waals surface area contributed by atoms with Crippen LogP contribution in [0.5, 0.6) is 0 Å². The number of rotatable bonds is 6. The van der Waals surface area contributed by atoms with Gasteiger partial charge in [0.2, 0.25) is 0 Å². The van der Waals surface area contributed by atoms with Crippen LogP contribution in [0.1, 0.15) is 31.8 Å². The Morgan fingerprint density at radius 1 is 1.44 bits per heavy atom. The highest BCUT2D eigenvalue weighted by molar-refractivity contribution is 14.0. The predicted octanol–water partition coefficient (Wildman–Crippen LogP) is 1.40. The first kappa shape index (κ1) is 22.2. The highest BCUT2D eigenvalue weighted by atomic mass is 127. The van der Waals surface area contributed by atoms with Crippen LogP contribution in [-0.4, -0.2) is 50.6 Å². The van der Waals surface area contributed by atoms with Crippen molar-refractivity contribution in [1.82, 2.24) is 10.6 Å². The van der Waals surface area contributed by atoms with Gasteiger partial charge in [0.15, 0.2) is 15.8 Å². The van der Waals surface area contributed by atoms with E-state index >= 15 is 0 Å². The van der Waals surface area contributed by atoms with Crippen molar-refractivity contribution in [3.63, 3.8) is 0 Å². The number of aliphatic hydroxyl groups is 1. The van der Waals surface area contributed by atoms with Crippen LogP contribution in [0, 0.1) is 12.8 Å². The lowest BCUT2D eigenvalue weighted by atomic mass is 10.0. The van der Waals surface area contributed by atoms with E-state index in [1.165, 1.54) is 0 Å². The Balaban J connectivity index is 0.00000312. The molecule has 9 heteroatoms. The lowest BCUT2D eigenvalue weighted by Crippen LogP contribution is -2.41. The molecule has 0 amide bonds. The topological polar surface area (TPSA) is 104 Å². The number of nitrogens with one attached hydrogen (secondary N) is 2. The number of furan rings is 1. The second-order valence-electron chi connectivity index (χ2n) is 6.53. The molecular formula is C16H28IN3O4S. The van der Waals surface area contributed by atoms with Gasteiger partial charge in [-0.3, -0.25) is 0 Å². The molecule has 2 atom stereocenters. The average molecular weight is 485 g/mol. The fourth-order valence-corrected chi connectivity index (χ4v) is 4.51. The first-order valence-electron chi connectivity index (χ1n) is 8.24. The van der Waals surface area contributed by atoms with Crippen LogP contribution in [0.15, 0.2) is 21.5 Å².